The van der Waals surface area contributed by atoms with Crippen LogP contribution in [0.15, 0.2) is 48.5 Å². The summed E-state index contributed by atoms with van der Waals surface area (Å²) >= 11 is 1.35. The average Bonchev–Trinajstić information content (AvgIpc) is 3.16. The van der Waals surface area contributed by atoms with E-state index in [1.54, 1.807) is 4.90 Å². The quantitative estimate of drug-likeness (QED) is 0.620. The standard InChI is InChI=1S/C26H30N2O5S/c1-16(2)22(13-24(29)28-11-12-34-23(14-28)25(30)31)27-26(32)33-15-21-19-9-5-3-7-17(19)18-8-4-6-10-20(18)21/h3-10,16,21-23H,11-15H2,1-2H3,(H,27,32)(H,30,31)/t22-,23?/m1/s1. The predicted molar refractivity (Wildman–Crippen MR) is 132 cm³/mol. The summed E-state index contributed by atoms with van der Waals surface area (Å²) < 4.78 is 5.64. The number of nitrogens with one attached hydrogen (secondary N) is 1. The number of carboxylic acid groups (broad SMARTS) is 1. The number of benzene rings is 2. The molecule has 0 spiro atoms. The topological polar surface area (TPSA) is 95.9 Å². The third kappa shape index (κ3) is 5.22. The fourth-order valence-corrected chi connectivity index (χ4v) is 5.63. The van der Waals surface area contributed by atoms with E-state index in [1.165, 1.54) is 11.8 Å². The lowest BCUT2D eigenvalue weighted by Crippen LogP contribution is -2.48. The van der Waals surface area contributed by atoms with E-state index in [9.17, 15) is 19.5 Å². The van der Waals surface area contributed by atoms with Gasteiger partial charge in [-0.15, -0.1) is 11.8 Å². The van der Waals surface area contributed by atoms with Gasteiger partial charge in [0.2, 0.25) is 5.91 Å². The first kappa shape index (κ1) is 24.1. The lowest BCUT2D eigenvalue weighted by atomic mass is 9.98. The predicted octanol–water partition coefficient (Wildman–Crippen LogP) is 3.97. The van der Waals surface area contributed by atoms with Gasteiger partial charge in [0.1, 0.15) is 11.9 Å². The Kier molecular flexibility index (Phi) is 7.46. The molecule has 0 radical (unpaired) electrons. The van der Waals surface area contributed by atoms with E-state index in [4.69, 9.17) is 4.74 Å². The smallest absolute Gasteiger partial charge is 0.407 e. The molecule has 2 aromatic carbocycles. The molecule has 2 N–H and O–H groups in total. The van der Waals surface area contributed by atoms with Gasteiger partial charge in [0.25, 0.3) is 0 Å². The molecule has 0 aromatic heterocycles. The molecule has 1 heterocycles. The molecule has 34 heavy (non-hydrogen) atoms. The van der Waals surface area contributed by atoms with Gasteiger partial charge >= 0.3 is 12.1 Å². The van der Waals surface area contributed by atoms with Crippen molar-refractivity contribution < 1.29 is 24.2 Å². The molecule has 8 heteroatoms. The Labute approximate surface area is 203 Å². The van der Waals surface area contributed by atoms with Crippen LogP contribution in [0.2, 0.25) is 0 Å². The highest BCUT2D eigenvalue weighted by Gasteiger charge is 2.32. The molecule has 1 aliphatic carbocycles. The van der Waals surface area contributed by atoms with Gasteiger partial charge in [-0.25, -0.2) is 4.79 Å². The Morgan fingerprint density at radius 1 is 1.09 bits per heavy atom. The first-order valence-corrected chi connectivity index (χ1v) is 12.6. The van der Waals surface area contributed by atoms with Gasteiger partial charge in [0.15, 0.2) is 0 Å². The van der Waals surface area contributed by atoms with Gasteiger partial charge in [0.05, 0.1) is 0 Å². The van der Waals surface area contributed by atoms with Crippen LogP contribution in [0.1, 0.15) is 37.3 Å². The molecule has 1 fully saturated rings. The third-order valence-corrected chi connectivity index (χ3v) is 7.71. The molecule has 1 aliphatic heterocycles. The Hall–Kier alpha value is -3.00. The van der Waals surface area contributed by atoms with Crippen molar-refractivity contribution in [2.45, 2.75) is 37.5 Å². The Morgan fingerprint density at radius 2 is 1.71 bits per heavy atom. The van der Waals surface area contributed by atoms with Crippen molar-refractivity contribution in [2.75, 3.05) is 25.4 Å². The first-order valence-electron chi connectivity index (χ1n) is 11.6. The zero-order valence-electron chi connectivity index (χ0n) is 19.4. The van der Waals surface area contributed by atoms with Gasteiger partial charge < -0.3 is 20.1 Å². The summed E-state index contributed by atoms with van der Waals surface area (Å²) in [6, 6.07) is 15.9. The molecule has 2 aromatic rings. The zero-order valence-corrected chi connectivity index (χ0v) is 20.2. The maximum atomic E-state index is 12.8. The summed E-state index contributed by atoms with van der Waals surface area (Å²) in [6.07, 6.45) is -0.440. The maximum Gasteiger partial charge on any atom is 0.407 e. The number of rotatable bonds is 7. The molecule has 2 aliphatic rings. The van der Waals surface area contributed by atoms with Gasteiger partial charge in [0, 0.05) is 37.2 Å². The minimum atomic E-state index is -0.903. The Morgan fingerprint density at radius 3 is 2.29 bits per heavy atom. The van der Waals surface area contributed by atoms with E-state index in [0.717, 1.165) is 22.3 Å². The minimum Gasteiger partial charge on any atom is -0.480 e. The van der Waals surface area contributed by atoms with Crippen molar-refractivity contribution in [1.82, 2.24) is 10.2 Å². The number of aliphatic carboxylic acids is 1. The number of hydrogen-bond acceptors (Lipinski definition) is 5. The van der Waals surface area contributed by atoms with Crippen molar-refractivity contribution >= 4 is 29.7 Å². The lowest BCUT2D eigenvalue weighted by molar-refractivity contribution is -0.138. The highest BCUT2D eigenvalue weighted by atomic mass is 32.2. The number of amides is 2. The second-order valence-corrected chi connectivity index (χ2v) is 10.4. The van der Waals surface area contributed by atoms with E-state index >= 15 is 0 Å². The Bertz CT molecular complexity index is 1030. The molecule has 0 saturated carbocycles. The van der Waals surface area contributed by atoms with Crippen LogP contribution in [0.3, 0.4) is 0 Å². The second kappa shape index (κ2) is 10.5. The molecule has 2 atom stereocenters. The van der Waals surface area contributed by atoms with E-state index in [-0.39, 0.29) is 37.3 Å². The highest BCUT2D eigenvalue weighted by Crippen LogP contribution is 2.44. The molecule has 2 amide bonds. The van der Waals surface area contributed by atoms with Crippen LogP contribution in [0, 0.1) is 5.92 Å². The number of alkyl carbamates (subject to hydrolysis) is 1. The van der Waals surface area contributed by atoms with E-state index in [1.807, 2.05) is 38.1 Å². The summed E-state index contributed by atoms with van der Waals surface area (Å²) in [5, 5.41) is 11.5. The monoisotopic (exact) mass is 482 g/mol. The van der Waals surface area contributed by atoms with Crippen LogP contribution in [0.25, 0.3) is 11.1 Å². The van der Waals surface area contributed by atoms with Crippen LogP contribution in [0.4, 0.5) is 4.79 Å². The third-order valence-electron chi connectivity index (χ3n) is 6.54. The fraction of sp³-hybridized carbons (Fsp3) is 0.423. The van der Waals surface area contributed by atoms with Crippen LogP contribution >= 0.6 is 11.8 Å². The number of carboxylic acids is 1. The van der Waals surface area contributed by atoms with Crippen LogP contribution in [-0.2, 0) is 14.3 Å². The highest BCUT2D eigenvalue weighted by molar-refractivity contribution is 8.00. The number of fused-ring (bicyclic) bond motifs is 3. The van der Waals surface area contributed by atoms with Gasteiger partial charge in [-0.05, 0) is 28.2 Å². The first-order chi connectivity index (χ1) is 16.3. The number of nitrogens with zero attached hydrogens (tertiary/aromatic N) is 1. The van der Waals surface area contributed by atoms with Crippen LogP contribution < -0.4 is 5.32 Å². The molecular weight excluding hydrogens is 452 g/mol. The Balaban J connectivity index is 1.36. The van der Waals surface area contributed by atoms with E-state index in [2.05, 4.69) is 29.6 Å². The van der Waals surface area contributed by atoms with Gasteiger partial charge in [-0.3, -0.25) is 9.59 Å². The minimum absolute atomic E-state index is 0.0128. The number of carbonyl (C=O) groups excluding carboxylic acids is 2. The fourth-order valence-electron chi connectivity index (χ4n) is 4.59. The van der Waals surface area contributed by atoms with Crippen molar-refractivity contribution in [1.29, 1.82) is 0 Å². The number of thioether (sulfide) groups is 1. The van der Waals surface area contributed by atoms with E-state index in [0.29, 0.717) is 12.3 Å². The SMILES string of the molecule is CC(C)[C@@H](CC(=O)N1CCSC(C(=O)O)C1)NC(=O)OCC1c2ccccc2-c2ccccc21. The second-order valence-electron chi connectivity index (χ2n) is 9.06. The molecular formula is C26H30N2O5S. The largest absolute Gasteiger partial charge is 0.480 e. The zero-order chi connectivity index (χ0) is 24.2. The molecule has 1 saturated heterocycles. The van der Waals surface area contributed by atoms with Gasteiger partial charge in [-0.2, -0.15) is 0 Å². The number of ether oxygens (including phenoxy) is 1. The molecule has 1 unspecified atom stereocenters. The maximum absolute atomic E-state index is 12.8. The molecule has 7 nitrogen and oxygen atoms in total. The van der Waals surface area contributed by atoms with Crippen LogP contribution in [0.5, 0.6) is 0 Å². The summed E-state index contributed by atoms with van der Waals surface area (Å²) in [5.41, 5.74) is 4.61. The summed E-state index contributed by atoms with van der Waals surface area (Å²) in [6.45, 7) is 4.79. The number of carbonyl (C=O) groups is 3. The van der Waals surface area contributed by atoms with Crippen molar-refractivity contribution in [3.05, 3.63) is 59.7 Å². The van der Waals surface area contributed by atoms with Crippen molar-refractivity contribution in [2.24, 2.45) is 5.92 Å². The summed E-state index contributed by atoms with van der Waals surface area (Å²) in [5.74, 6) is -0.478. The molecule has 180 valence electrons. The lowest BCUT2D eigenvalue weighted by Gasteiger charge is -2.32. The number of hydrogen-bond donors (Lipinski definition) is 2. The summed E-state index contributed by atoms with van der Waals surface area (Å²) in [7, 11) is 0. The van der Waals surface area contributed by atoms with Crippen LogP contribution in [-0.4, -0.2) is 64.7 Å². The molecule has 0 bridgehead atoms. The van der Waals surface area contributed by atoms with Crippen molar-refractivity contribution in [3.8, 4) is 11.1 Å². The van der Waals surface area contributed by atoms with E-state index < -0.39 is 23.4 Å². The average molecular weight is 483 g/mol. The van der Waals surface area contributed by atoms with Gasteiger partial charge in [-0.1, -0.05) is 62.4 Å². The molecule has 4 rings (SSSR count). The normalized spacial score (nSPS) is 18.2. The summed E-state index contributed by atoms with van der Waals surface area (Å²) in [4.78, 5) is 38.4. The van der Waals surface area contributed by atoms with Crippen molar-refractivity contribution in [3.63, 3.8) is 0 Å².